The highest BCUT2D eigenvalue weighted by atomic mass is 16.4. The van der Waals surface area contributed by atoms with Gasteiger partial charge in [-0.25, -0.2) is 0 Å². The van der Waals surface area contributed by atoms with Crippen molar-refractivity contribution in [2.45, 2.75) is 41.5 Å². The van der Waals surface area contributed by atoms with E-state index in [4.69, 9.17) is 5.11 Å². The number of carboxylic acids is 1. The molecule has 0 aliphatic rings. The summed E-state index contributed by atoms with van der Waals surface area (Å²) in [5, 5.41) is 9.16. The molecule has 1 atom stereocenters. The molecule has 0 spiro atoms. The summed E-state index contributed by atoms with van der Waals surface area (Å²) < 4.78 is 0. The molecular weight excluding hydrogens is 192 g/mol. The van der Waals surface area contributed by atoms with Crippen LogP contribution < -0.4 is 0 Å². The van der Waals surface area contributed by atoms with Crippen LogP contribution in [0.4, 0.5) is 0 Å². The summed E-state index contributed by atoms with van der Waals surface area (Å²) in [6.07, 6.45) is 0. The molecule has 88 valence electrons. The van der Waals surface area contributed by atoms with Gasteiger partial charge >= 0.3 is 5.97 Å². The molecule has 0 saturated heterocycles. The fourth-order valence-electron chi connectivity index (χ4n) is 2.21. The number of rotatable bonds is 5. The SMILES string of the molecule is CC(=O)C(C(=O)O)C(C)(C(C)C)C(C)C. The zero-order valence-electron chi connectivity index (χ0n) is 10.5. The molecule has 1 unspecified atom stereocenters. The fourth-order valence-corrected chi connectivity index (χ4v) is 2.21. The molecule has 0 aliphatic heterocycles. The molecule has 0 radical (unpaired) electrons. The molecule has 0 aromatic rings. The second-order valence-electron chi connectivity index (χ2n) is 5.06. The number of hydrogen-bond acceptors (Lipinski definition) is 2. The second kappa shape index (κ2) is 4.77. The molecule has 3 heteroatoms. The molecule has 0 aromatic heterocycles. The molecule has 0 aliphatic carbocycles. The van der Waals surface area contributed by atoms with Crippen molar-refractivity contribution in [3.63, 3.8) is 0 Å². The van der Waals surface area contributed by atoms with Crippen LogP contribution in [0.15, 0.2) is 0 Å². The van der Waals surface area contributed by atoms with Crippen molar-refractivity contribution in [2.75, 3.05) is 0 Å². The lowest BCUT2D eigenvalue weighted by Gasteiger charge is -2.41. The Morgan fingerprint density at radius 2 is 1.40 bits per heavy atom. The average Bonchev–Trinajstić information content (AvgIpc) is 2.01. The van der Waals surface area contributed by atoms with Crippen LogP contribution in [0.25, 0.3) is 0 Å². The lowest BCUT2D eigenvalue weighted by atomic mass is 9.61. The summed E-state index contributed by atoms with van der Waals surface area (Å²) >= 11 is 0. The Hall–Kier alpha value is -0.860. The van der Waals surface area contributed by atoms with E-state index >= 15 is 0 Å². The van der Waals surface area contributed by atoms with E-state index in [1.807, 2.05) is 34.6 Å². The van der Waals surface area contributed by atoms with Crippen LogP contribution in [-0.2, 0) is 9.59 Å². The zero-order valence-corrected chi connectivity index (χ0v) is 10.5. The molecule has 0 rings (SSSR count). The standard InChI is InChI=1S/C12H22O3/c1-7(2)12(6,8(3)4)10(9(5)13)11(14)15/h7-8,10H,1-6H3,(H,14,15). The van der Waals surface area contributed by atoms with Crippen molar-refractivity contribution in [3.05, 3.63) is 0 Å². The first-order chi connectivity index (χ1) is 6.65. The number of Topliss-reactive ketones (excluding diaryl/α,β-unsaturated/α-hetero) is 1. The highest BCUT2D eigenvalue weighted by Crippen LogP contribution is 2.43. The van der Waals surface area contributed by atoms with E-state index in [9.17, 15) is 9.59 Å². The van der Waals surface area contributed by atoms with Gasteiger partial charge in [0, 0.05) is 0 Å². The lowest BCUT2D eigenvalue weighted by Crippen LogP contribution is -2.45. The number of aliphatic carboxylic acids is 1. The quantitative estimate of drug-likeness (QED) is 0.716. The third kappa shape index (κ3) is 2.58. The number of carboxylic acid groups (broad SMARTS) is 1. The van der Waals surface area contributed by atoms with Crippen molar-refractivity contribution in [1.29, 1.82) is 0 Å². The number of carbonyl (C=O) groups is 2. The largest absolute Gasteiger partial charge is 0.481 e. The van der Waals surface area contributed by atoms with Gasteiger partial charge < -0.3 is 5.11 Å². The smallest absolute Gasteiger partial charge is 0.314 e. The Morgan fingerprint density at radius 3 is 1.47 bits per heavy atom. The monoisotopic (exact) mass is 214 g/mol. The molecule has 0 saturated carbocycles. The van der Waals surface area contributed by atoms with Gasteiger partial charge in [0.15, 0.2) is 0 Å². The Kier molecular flexibility index (Phi) is 4.50. The van der Waals surface area contributed by atoms with Crippen LogP contribution >= 0.6 is 0 Å². The van der Waals surface area contributed by atoms with Crippen LogP contribution in [-0.4, -0.2) is 16.9 Å². The highest BCUT2D eigenvalue weighted by Gasteiger charge is 2.46. The minimum Gasteiger partial charge on any atom is -0.481 e. The minimum atomic E-state index is -1.01. The predicted molar refractivity (Wildman–Crippen MR) is 59.6 cm³/mol. The third-order valence-electron chi connectivity index (χ3n) is 3.76. The topological polar surface area (TPSA) is 54.4 Å². The molecular formula is C12H22O3. The maximum absolute atomic E-state index is 11.5. The van der Waals surface area contributed by atoms with Gasteiger partial charge in [0.25, 0.3) is 0 Å². The summed E-state index contributed by atoms with van der Waals surface area (Å²) in [7, 11) is 0. The van der Waals surface area contributed by atoms with Gasteiger partial charge in [0.05, 0.1) is 0 Å². The van der Waals surface area contributed by atoms with Crippen LogP contribution in [0.5, 0.6) is 0 Å². The molecule has 0 heterocycles. The Balaban J connectivity index is 5.39. The maximum atomic E-state index is 11.5. The van der Waals surface area contributed by atoms with E-state index in [0.717, 1.165) is 0 Å². The zero-order chi connectivity index (χ0) is 12.4. The van der Waals surface area contributed by atoms with Crippen LogP contribution in [0.3, 0.4) is 0 Å². The molecule has 3 nitrogen and oxygen atoms in total. The van der Waals surface area contributed by atoms with Crippen LogP contribution in [0.2, 0.25) is 0 Å². The molecule has 0 amide bonds. The normalized spacial score (nSPS) is 14.4. The van der Waals surface area contributed by atoms with Crippen molar-refractivity contribution >= 4 is 11.8 Å². The molecule has 1 N–H and O–H groups in total. The number of hydrogen-bond donors (Lipinski definition) is 1. The summed E-state index contributed by atoms with van der Waals surface area (Å²) in [5.74, 6) is -1.86. The van der Waals surface area contributed by atoms with Crippen molar-refractivity contribution < 1.29 is 14.7 Å². The van der Waals surface area contributed by atoms with E-state index in [1.165, 1.54) is 6.92 Å². The van der Waals surface area contributed by atoms with Gasteiger partial charge in [-0.1, -0.05) is 34.6 Å². The van der Waals surface area contributed by atoms with E-state index in [-0.39, 0.29) is 17.6 Å². The maximum Gasteiger partial charge on any atom is 0.314 e. The van der Waals surface area contributed by atoms with Gasteiger partial charge in [-0.3, -0.25) is 9.59 Å². The number of ketones is 1. The van der Waals surface area contributed by atoms with Gasteiger partial charge in [-0.05, 0) is 24.2 Å². The first-order valence-corrected chi connectivity index (χ1v) is 5.38. The van der Waals surface area contributed by atoms with E-state index in [2.05, 4.69) is 0 Å². The van der Waals surface area contributed by atoms with Crippen molar-refractivity contribution in [1.82, 2.24) is 0 Å². The van der Waals surface area contributed by atoms with Crippen LogP contribution in [0.1, 0.15) is 41.5 Å². The predicted octanol–water partition coefficient (Wildman–Crippen LogP) is 2.59. The number of carbonyl (C=O) groups excluding carboxylic acids is 1. The third-order valence-corrected chi connectivity index (χ3v) is 3.76. The molecule has 15 heavy (non-hydrogen) atoms. The molecule has 0 fully saturated rings. The summed E-state index contributed by atoms with van der Waals surface area (Å²) in [6, 6.07) is 0. The first kappa shape index (κ1) is 14.1. The lowest BCUT2D eigenvalue weighted by molar-refractivity contribution is -0.155. The molecule has 0 bridgehead atoms. The van der Waals surface area contributed by atoms with Crippen LogP contribution in [0, 0.1) is 23.2 Å². The minimum absolute atomic E-state index is 0.155. The summed E-state index contributed by atoms with van der Waals surface area (Å²) in [5.41, 5.74) is -0.488. The first-order valence-electron chi connectivity index (χ1n) is 5.38. The Labute approximate surface area is 91.9 Å². The average molecular weight is 214 g/mol. The fraction of sp³-hybridized carbons (Fsp3) is 0.833. The summed E-state index contributed by atoms with van der Waals surface area (Å²) in [6.45, 7) is 11.1. The van der Waals surface area contributed by atoms with Crippen molar-refractivity contribution in [2.24, 2.45) is 23.2 Å². The Morgan fingerprint density at radius 1 is 1.07 bits per heavy atom. The van der Waals surface area contributed by atoms with Gasteiger partial charge in [-0.2, -0.15) is 0 Å². The highest BCUT2D eigenvalue weighted by molar-refractivity contribution is 5.97. The van der Waals surface area contributed by atoms with Crippen molar-refractivity contribution in [3.8, 4) is 0 Å². The van der Waals surface area contributed by atoms with E-state index < -0.39 is 17.3 Å². The van der Waals surface area contributed by atoms with Gasteiger partial charge in [0.1, 0.15) is 11.7 Å². The van der Waals surface area contributed by atoms with Gasteiger partial charge in [-0.15, -0.1) is 0 Å². The molecule has 0 aromatic carbocycles. The second-order valence-corrected chi connectivity index (χ2v) is 5.06. The summed E-state index contributed by atoms with van der Waals surface area (Å²) in [4.78, 5) is 22.6. The Bertz CT molecular complexity index is 232. The van der Waals surface area contributed by atoms with E-state index in [0.29, 0.717) is 0 Å². The van der Waals surface area contributed by atoms with Gasteiger partial charge in [0.2, 0.25) is 0 Å². The van der Waals surface area contributed by atoms with E-state index in [1.54, 1.807) is 0 Å².